The zero-order valence-corrected chi connectivity index (χ0v) is 10.6. The lowest BCUT2D eigenvalue weighted by molar-refractivity contribution is -0.149. The van der Waals surface area contributed by atoms with Crippen molar-refractivity contribution in [1.82, 2.24) is 10.2 Å². The molecule has 0 spiro atoms. The summed E-state index contributed by atoms with van der Waals surface area (Å²) in [6, 6.07) is -1.12. The monoisotopic (exact) mass is 299 g/mol. The summed E-state index contributed by atoms with van der Waals surface area (Å²) in [6.07, 6.45) is -3.84. The normalized spacial score (nSPS) is 10.9. The van der Waals surface area contributed by atoms with Crippen LogP contribution in [0.2, 0.25) is 0 Å². The van der Waals surface area contributed by atoms with Crippen LogP contribution < -0.4 is 11.1 Å². The van der Waals surface area contributed by atoms with Crippen molar-refractivity contribution in [2.75, 3.05) is 19.6 Å². The van der Waals surface area contributed by atoms with Crippen LogP contribution in [0.3, 0.4) is 0 Å². The molecule has 4 N–H and O–H groups in total. The third-order valence-corrected chi connectivity index (χ3v) is 2.11. The smallest absolute Gasteiger partial charge is 0.406 e. The standard InChI is InChI=1S/C10H16F3N3O4/c11-10(12,13)6-16(5-8(18)19)9(20)15-4-2-1-3-7(14)17/h1-6H2,(H2,14,17)(H,15,20)(H,18,19). The summed E-state index contributed by atoms with van der Waals surface area (Å²) in [4.78, 5) is 32.4. The number of carbonyl (C=O) groups is 3. The molecule has 0 aliphatic rings. The van der Waals surface area contributed by atoms with E-state index in [1.54, 1.807) is 0 Å². The molecule has 0 aliphatic carbocycles. The molecular weight excluding hydrogens is 283 g/mol. The molecular formula is C10H16F3N3O4. The number of urea groups is 1. The van der Waals surface area contributed by atoms with Crippen molar-refractivity contribution in [3.05, 3.63) is 0 Å². The lowest BCUT2D eigenvalue weighted by atomic mass is 10.2. The summed E-state index contributed by atoms with van der Waals surface area (Å²) in [6.45, 7) is -2.67. The maximum atomic E-state index is 12.2. The quantitative estimate of drug-likeness (QED) is 0.559. The molecule has 20 heavy (non-hydrogen) atoms. The number of nitrogens with zero attached hydrogens (tertiary/aromatic N) is 1. The Balaban J connectivity index is 4.20. The minimum atomic E-state index is -4.68. The van der Waals surface area contributed by atoms with Gasteiger partial charge in [-0.2, -0.15) is 13.2 Å². The molecule has 0 unspecified atom stereocenters. The number of aliphatic carboxylic acids is 1. The molecule has 0 saturated heterocycles. The van der Waals surface area contributed by atoms with Gasteiger partial charge in [-0.3, -0.25) is 9.59 Å². The van der Waals surface area contributed by atoms with Crippen molar-refractivity contribution in [1.29, 1.82) is 0 Å². The molecule has 3 amide bonds. The number of primary amides is 1. The summed E-state index contributed by atoms with van der Waals surface area (Å²) in [7, 11) is 0. The van der Waals surface area contributed by atoms with Crippen molar-refractivity contribution in [3.8, 4) is 0 Å². The highest BCUT2D eigenvalue weighted by molar-refractivity contribution is 5.80. The molecule has 0 heterocycles. The third kappa shape index (κ3) is 9.97. The molecule has 0 saturated carbocycles. The van der Waals surface area contributed by atoms with Gasteiger partial charge in [-0.05, 0) is 12.8 Å². The van der Waals surface area contributed by atoms with Gasteiger partial charge in [0, 0.05) is 13.0 Å². The number of rotatable bonds is 8. The van der Waals surface area contributed by atoms with Gasteiger partial charge in [0.1, 0.15) is 13.1 Å². The van der Waals surface area contributed by atoms with Crippen LogP contribution in [-0.2, 0) is 9.59 Å². The Labute approximate surface area is 112 Å². The molecule has 0 aliphatic heterocycles. The van der Waals surface area contributed by atoms with Crippen LogP contribution in [0.1, 0.15) is 19.3 Å². The molecule has 0 radical (unpaired) electrons. The number of carboxylic acid groups (broad SMARTS) is 1. The van der Waals surface area contributed by atoms with E-state index >= 15 is 0 Å². The van der Waals surface area contributed by atoms with Gasteiger partial charge in [-0.1, -0.05) is 0 Å². The topological polar surface area (TPSA) is 113 Å². The molecule has 0 fully saturated rings. The van der Waals surface area contributed by atoms with Gasteiger partial charge in [-0.25, -0.2) is 4.79 Å². The summed E-state index contributed by atoms with van der Waals surface area (Å²) < 4.78 is 36.5. The van der Waals surface area contributed by atoms with Crippen LogP contribution >= 0.6 is 0 Å². The van der Waals surface area contributed by atoms with E-state index in [0.717, 1.165) is 0 Å². The first kappa shape index (κ1) is 18.0. The molecule has 0 rings (SSSR count). The van der Waals surface area contributed by atoms with Crippen LogP contribution in [0, 0.1) is 0 Å². The van der Waals surface area contributed by atoms with Gasteiger partial charge in [0.15, 0.2) is 0 Å². The Morgan fingerprint density at radius 1 is 1.20 bits per heavy atom. The van der Waals surface area contributed by atoms with E-state index in [1.165, 1.54) is 0 Å². The Morgan fingerprint density at radius 2 is 1.80 bits per heavy atom. The number of nitrogens with two attached hydrogens (primary N) is 1. The Hall–Kier alpha value is -2.00. The molecule has 0 bridgehead atoms. The second kappa shape index (κ2) is 8.23. The van der Waals surface area contributed by atoms with Gasteiger partial charge in [0.25, 0.3) is 0 Å². The van der Waals surface area contributed by atoms with Gasteiger partial charge < -0.3 is 21.1 Å². The van der Waals surface area contributed by atoms with Crippen molar-refractivity contribution in [2.45, 2.75) is 25.4 Å². The minimum absolute atomic E-state index is 0.0279. The fourth-order valence-electron chi connectivity index (χ4n) is 1.31. The predicted octanol–water partition coefficient (Wildman–Crippen LogP) is 0.300. The number of amides is 3. The van der Waals surface area contributed by atoms with E-state index in [2.05, 4.69) is 5.32 Å². The van der Waals surface area contributed by atoms with Gasteiger partial charge in [-0.15, -0.1) is 0 Å². The molecule has 7 nitrogen and oxygen atoms in total. The number of unbranched alkanes of at least 4 members (excludes halogenated alkanes) is 1. The number of carboxylic acids is 1. The average Bonchev–Trinajstić information content (AvgIpc) is 2.24. The van der Waals surface area contributed by atoms with Crippen LogP contribution in [0.15, 0.2) is 0 Å². The zero-order chi connectivity index (χ0) is 15.8. The third-order valence-electron chi connectivity index (χ3n) is 2.11. The number of halogens is 3. The maximum absolute atomic E-state index is 12.2. The van der Waals surface area contributed by atoms with E-state index < -0.39 is 37.2 Å². The predicted molar refractivity (Wildman–Crippen MR) is 61.7 cm³/mol. The number of hydrogen-bond acceptors (Lipinski definition) is 3. The van der Waals surface area contributed by atoms with E-state index in [1.807, 2.05) is 0 Å². The number of hydrogen-bond donors (Lipinski definition) is 3. The molecule has 10 heteroatoms. The van der Waals surface area contributed by atoms with E-state index in [9.17, 15) is 27.6 Å². The summed E-state index contributed by atoms with van der Waals surface area (Å²) >= 11 is 0. The second-order valence-electron chi connectivity index (χ2n) is 4.02. The molecule has 116 valence electrons. The summed E-state index contributed by atoms with van der Waals surface area (Å²) in [5.41, 5.74) is 4.88. The fourth-order valence-corrected chi connectivity index (χ4v) is 1.31. The van der Waals surface area contributed by atoms with Crippen LogP contribution in [0.5, 0.6) is 0 Å². The molecule has 0 aromatic carbocycles. The Bertz CT molecular complexity index is 360. The molecule has 0 aromatic rings. The van der Waals surface area contributed by atoms with Crippen LogP contribution in [0.25, 0.3) is 0 Å². The number of nitrogens with one attached hydrogen (secondary N) is 1. The minimum Gasteiger partial charge on any atom is -0.480 e. The zero-order valence-electron chi connectivity index (χ0n) is 10.6. The van der Waals surface area contributed by atoms with Crippen molar-refractivity contribution in [2.24, 2.45) is 5.73 Å². The number of carbonyl (C=O) groups excluding carboxylic acids is 2. The van der Waals surface area contributed by atoms with E-state index in [0.29, 0.717) is 12.8 Å². The summed E-state index contributed by atoms with van der Waals surface area (Å²) in [5, 5.41) is 10.6. The first-order valence-electron chi connectivity index (χ1n) is 5.71. The first-order valence-corrected chi connectivity index (χ1v) is 5.71. The van der Waals surface area contributed by atoms with Gasteiger partial charge in [0.2, 0.25) is 5.91 Å². The van der Waals surface area contributed by atoms with Gasteiger partial charge >= 0.3 is 18.2 Å². The second-order valence-corrected chi connectivity index (χ2v) is 4.02. The van der Waals surface area contributed by atoms with Crippen LogP contribution in [0.4, 0.5) is 18.0 Å². The van der Waals surface area contributed by atoms with Crippen LogP contribution in [-0.4, -0.2) is 53.7 Å². The lowest BCUT2D eigenvalue weighted by Gasteiger charge is -2.22. The molecule has 0 aromatic heterocycles. The average molecular weight is 299 g/mol. The highest BCUT2D eigenvalue weighted by Gasteiger charge is 2.33. The van der Waals surface area contributed by atoms with Crippen molar-refractivity contribution >= 4 is 17.9 Å². The molecule has 0 atom stereocenters. The first-order chi connectivity index (χ1) is 9.11. The van der Waals surface area contributed by atoms with E-state index in [-0.39, 0.29) is 17.9 Å². The van der Waals surface area contributed by atoms with Crippen molar-refractivity contribution < 1.29 is 32.7 Å². The number of alkyl halides is 3. The van der Waals surface area contributed by atoms with Gasteiger partial charge in [0.05, 0.1) is 0 Å². The summed E-state index contributed by atoms with van der Waals surface area (Å²) in [5.74, 6) is -2.06. The SMILES string of the molecule is NC(=O)CCCCNC(=O)N(CC(=O)O)CC(F)(F)F. The highest BCUT2D eigenvalue weighted by atomic mass is 19.4. The highest BCUT2D eigenvalue weighted by Crippen LogP contribution is 2.16. The largest absolute Gasteiger partial charge is 0.480 e. The fraction of sp³-hybridized carbons (Fsp3) is 0.700. The van der Waals surface area contributed by atoms with Crippen molar-refractivity contribution in [3.63, 3.8) is 0 Å². The Morgan fingerprint density at radius 3 is 2.25 bits per heavy atom. The van der Waals surface area contributed by atoms with E-state index in [4.69, 9.17) is 10.8 Å². The lowest BCUT2D eigenvalue weighted by Crippen LogP contribution is -2.47. The maximum Gasteiger partial charge on any atom is 0.406 e. The Kier molecular flexibility index (Phi) is 7.40.